The van der Waals surface area contributed by atoms with Gasteiger partial charge in [0.1, 0.15) is 11.6 Å². The molecule has 130 valence electrons. The van der Waals surface area contributed by atoms with Crippen molar-refractivity contribution in [1.82, 2.24) is 14.9 Å². The van der Waals surface area contributed by atoms with Crippen molar-refractivity contribution in [3.05, 3.63) is 47.4 Å². The van der Waals surface area contributed by atoms with Crippen LogP contribution in [0.2, 0.25) is 0 Å². The number of anilines is 2. The summed E-state index contributed by atoms with van der Waals surface area (Å²) in [5.74, 6) is 1.77. The highest BCUT2D eigenvalue weighted by Gasteiger charge is 2.47. The van der Waals surface area contributed by atoms with Crippen molar-refractivity contribution in [2.45, 2.75) is 39.3 Å². The number of carbonyl (C=O) groups excluding carboxylic acids is 1. The molecule has 2 atom stereocenters. The molecule has 2 aromatic rings. The Morgan fingerprint density at radius 1 is 1.08 bits per heavy atom. The highest BCUT2D eigenvalue weighted by Crippen LogP contribution is 2.34. The molecule has 1 N–H and O–H groups in total. The van der Waals surface area contributed by atoms with Gasteiger partial charge in [-0.3, -0.25) is 0 Å². The summed E-state index contributed by atoms with van der Waals surface area (Å²) >= 11 is 0. The summed E-state index contributed by atoms with van der Waals surface area (Å²) < 4.78 is 0. The van der Waals surface area contributed by atoms with Gasteiger partial charge in [0.2, 0.25) is 0 Å². The Balaban J connectivity index is 1.43. The van der Waals surface area contributed by atoms with Gasteiger partial charge in [-0.2, -0.15) is 0 Å². The number of piperazine rings is 1. The predicted octanol–water partition coefficient (Wildman–Crippen LogP) is 2.90. The van der Waals surface area contributed by atoms with Crippen LogP contribution < -0.4 is 10.2 Å². The van der Waals surface area contributed by atoms with Gasteiger partial charge in [-0.15, -0.1) is 0 Å². The first kappa shape index (κ1) is 15.9. The number of amides is 2. The van der Waals surface area contributed by atoms with E-state index in [0.29, 0.717) is 0 Å². The Hall–Kier alpha value is -2.63. The third-order valence-corrected chi connectivity index (χ3v) is 5.01. The van der Waals surface area contributed by atoms with Gasteiger partial charge in [-0.1, -0.05) is 17.7 Å². The molecule has 2 amide bonds. The van der Waals surface area contributed by atoms with E-state index in [1.807, 2.05) is 56.0 Å². The van der Waals surface area contributed by atoms with Crippen LogP contribution in [0.1, 0.15) is 23.5 Å². The van der Waals surface area contributed by atoms with Crippen LogP contribution >= 0.6 is 0 Å². The zero-order valence-electron chi connectivity index (χ0n) is 14.9. The SMILES string of the molecule is Cc1ccc(NC(=O)N2C3CC2CN(c2cc(C)nc(C)n2)C3)cc1. The monoisotopic (exact) mass is 337 g/mol. The second-order valence-electron chi connectivity index (χ2n) is 7.07. The number of nitrogens with one attached hydrogen (secondary N) is 1. The van der Waals surface area contributed by atoms with Crippen LogP contribution in [-0.2, 0) is 0 Å². The third kappa shape index (κ3) is 3.04. The molecular weight excluding hydrogens is 314 g/mol. The van der Waals surface area contributed by atoms with Gasteiger partial charge in [0.25, 0.3) is 0 Å². The average Bonchev–Trinajstić information content (AvgIpc) is 2.56. The number of fused-ring (bicyclic) bond motifs is 2. The van der Waals surface area contributed by atoms with Crippen molar-refractivity contribution < 1.29 is 4.79 Å². The molecule has 2 unspecified atom stereocenters. The van der Waals surface area contributed by atoms with Gasteiger partial charge < -0.3 is 15.1 Å². The molecule has 3 fully saturated rings. The van der Waals surface area contributed by atoms with Gasteiger partial charge in [-0.25, -0.2) is 14.8 Å². The molecule has 1 aromatic heterocycles. The first-order valence-corrected chi connectivity index (χ1v) is 8.73. The van der Waals surface area contributed by atoms with Crippen molar-refractivity contribution in [2.75, 3.05) is 23.3 Å². The average molecular weight is 337 g/mol. The fraction of sp³-hybridized carbons (Fsp3) is 0.421. The van der Waals surface area contributed by atoms with Crippen LogP contribution in [0.25, 0.3) is 0 Å². The van der Waals surface area contributed by atoms with Gasteiger partial charge in [0.15, 0.2) is 0 Å². The second-order valence-corrected chi connectivity index (χ2v) is 7.07. The zero-order chi connectivity index (χ0) is 17.6. The van der Waals surface area contributed by atoms with Crippen molar-refractivity contribution in [1.29, 1.82) is 0 Å². The number of rotatable bonds is 2. The molecule has 0 spiro atoms. The van der Waals surface area contributed by atoms with Gasteiger partial charge in [-0.05, 0) is 39.3 Å². The van der Waals surface area contributed by atoms with Gasteiger partial charge >= 0.3 is 6.03 Å². The summed E-state index contributed by atoms with van der Waals surface area (Å²) in [5, 5.41) is 3.02. The minimum Gasteiger partial charge on any atom is -0.352 e. The summed E-state index contributed by atoms with van der Waals surface area (Å²) in [6.45, 7) is 7.60. The van der Waals surface area contributed by atoms with E-state index >= 15 is 0 Å². The highest BCUT2D eigenvalue weighted by atomic mass is 16.2. The summed E-state index contributed by atoms with van der Waals surface area (Å²) in [7, 11) is 0. The van der Waals surface area contributed by atoms with E-state index in [-0.39, 0.29) is 18.1 Å². The summed E-state index contributed by atoms with van der Waals surface area (Å²) in [6, 6.07) is 10.4. The number of hydrogen-bond donors (Lipinski definition) is 1. The molecule has 4 heterocycles. The maximum absolute atomic E-state index is 12.6. The normalized spacial score (nSPS) is 21.7. The van der Waals surface area contributed by atoms with E-state index in [9.17, 15) is 4.79 Å². The predicted molar refractivity (Wildman–Crippen MR) is 97.9 cm³/mol. The van der Waals surface area contributed by atoms with E-state index in [0.717, 1.165) is 42.5 Å². The van der Waals surface area contributed by atoms with Crippen molar-refractivity contribution in [2.24, 2.45) is 0 Å². The number of nitrogens with zero attached hydrogens (tertiary/aromatic N) is 4. The molecule has 1 aromatic carbocycles. The summed E-state index contributed by atoms with van der Waals surface area (Å²) in [4.78, 5) is 25.8. The topological polar surface area (TPSA) is 61.4 Å². The van der Waals surface area contributed by atoms with Crippen LogP contribution in [0.15, 0.2) is 30.3 Å². The number of piperidine rings is 1. The minimum absolute atomic E-state index is 0.000184. The van der Waals surface area contributed by atoms with Crippen LogP contribution in [-0.4, -0.2) is 46.1 Å². The fourth-order valence-corrected chi connectivity index (χ4v) is 3.81. The van der Waals surface area contributed by atoms with Crippen molar-refractivity contribution in [3.8, 4) is 0 Å². The number of benzene rings is 1. The van der Waals surface area contributed by atoms with Crippen molar-refractivity contribution >= 4 is 17.5 Å². The van der Waals surface area contributed by atoms with E-state index in [1.165, 1.54) is 5.56 Å². The lowest BCUT2D eigenvalue weighted by atomic mass is 9.88. The first-order chi connectivity index (χ1) is 12.0. The molecule has 3 aliphatic rings. The molecular formula is C19H23N5O. The molecule has 25 heavy (non-hydrogen) atoms. The van der Waals surface area contributed by atoms with E-state index in [4.69, 9.17) is 0 Å². The second kappa shape index (κ2) is 6.02. The number of carbonyl (C=O) groups is 1. The molecule has 2 bridgehead atoms. The number of urea groups is 1. The van der Waals surface area contributed by atoms with Gasteiger partial charge in [0, 0.05) is 30.5 Å². The molecule has 3 aliphatic heterocycles. The maximum atomic E-state index is 12.6. The quantitative estimate of drug-likeness (QED) is 0.915. The molecule has 0 radical (unpaired) electrons. The van der Waals surface area contributed by atoms with E-state index < -0.39 is 0 Å². The molecule has 6 heteroatoms. The molecule has 5 rings (SSSR count). The molecule has 6 nitrogen and oxygen atoms in total. The number of aryl methyl sites for hydroxylation is 3. The Bertz CT molecular complexity index is 772. The Morgan fingerprint density at radius 3 is 2.40 bits per heavy atom. The fourth-order valence-electron chi connectivity index (χ4n) is 3.81. The zero-order valence-corrected chi connectivity index (χ0v) is 14.9. The maximum Gasteiger partial charge on any atom is 0.322 e. The molecule has 3 saturated heterocycles. The van der Waals surface area contributed by atoms with Crippen molar-refractivity contribution in [3.63, 3.8) is 0 Å². The third-order valence-electron chi connectivity index (χ3n) is 5.01. The van der Waals surface area contributed by atoms with Crippen LogP contribution in [0.5, 0.6) is 0 Å². The lowest BCUT2D eigenvalue weighted by Crippen LogP contribution is -2.71. The van der Waals surface area contributed by atoms with Crippen LogP contribution in [0.4, 0.5) is 16.3 Å². The lowest BCUT2D eigenvalue weighted by molar-refractivity contribution is 0.0436. The standard InChI is InChI=1S/C19H23N5O/c1-12-4-6-15(7-5-12)22-19(25)24-16-9-17(24)11-23(10-16)18-8-13(2)20-14(3)21-18/h4-8,16-17H,9-11H2,1-3H3,(H,22,25). The first-order valence-electron chi connectivity index (χ1n) is 8.73. The van der Waals surface area contributed by atoms with Gasteiger partial charge in [0.05, 0.1) is 12.1 Å². The number of aromatic nitrogens is 2. The summed E-state index contributed by atoms with van der Waals surface area (Å²) in [6.07, 6.45) is 1.07. The lowest BCUT2D eigenvalue weighted by Gasteiger charge is -2.56. The van der Waals surface area contributed by atoms with E-state index in [2.05, 4.69) is 20.2 Å². The highest BCUT2D eigenvalue weighted by molar-refractivity contribution is 5.90. The Morgan fingerprint density at radius 2 is 1.76 bits per heavy atom. The smallest absolute Gasteiger partial charge is 0.322 e. The Labute approximate surface area is 147 Å². The number of hydrogen-bond acceptors (Lipinski definition) is 4. The molecule has 0 aliphatic carbocycles. The van der Waals surface area contributed by atoms with Crippen LogP contribution in [0, 0.1) is 20.8 Å². The van der Waals surface area contributed by atoms with E-state index in [1.54, 1.807) is 0 Å². The largest absolute Gasteiger partial charge is 0.352 e. The summed E-state index contributed by atoms with van der Waals surface area (Å²) in [5.41, 5.74) is 3.01. The van der Waals surface area contributed by atoms with Crippen LogP contribution in [0.3, 0.4) is 0 Å². The Kier molecular flexibility index (Phi) is 3.82. The minimum atomic E-state index is -0.000184. The molecule has 0 saturated carbocycles.